The van der Waals surface area contributed by atoms with Crippen LogP contribution in [-0.4, -0.2) is 14.2 Å². The average molecular weight is 209 g/mol. The first-order valence-electron chi connectivity index (χ1n) is 4.95. The molecule has 0 atom stereocenters. The van der Waals surface area contributed by atoms with E-state index in [2.05, 4.69) is 0 Å². The lowest BCUT2D eigenvalue weighted by molar-refractivity contribution is 0.182. The molecular formula is C12H19NO2. The zero-order valence-corrected chi connectivity index (χ0v) is 9.83. The van der Waals surface area contributed by atoms with Gasteiger partial charge in [-0.3, -0.25) is 0 Å². The molecule has 1 rings (SSSR count). The third-order valence-electron chi connectivity index (χ3n) is 2.28. The van der Waals surface area contributed by atoms with E-state index < -0.39 is 5.54 Å². The van der Waals surface area contributed by atoms with Gasteiger partial charge in [-0.15, -0.1) is 0 Å². The molecule has 0 saturated carbocycles. The van der Waals surface area contributed by atoms with E-state index in [0.717, 1.165) is 16.9 Å². The Kier molecular flexibility index (Phi) is 3.72. The van der Waals surface area contributed by atoms with E-state index in [1.807, 2.05) is 32.0 Å². The largest absolute Gasteiger partial charge is 0.496 e. The van der Waals surface area contributed by atoms with Crippen molar-refractivity contribution in [1.29, 1.82) is 0 Å². The van der Waals surface area contributed by atoms with Gasteiger partial charge in [0.2, 0.25) is 0 Å². The summed E-state index contributed by atoms with van der Waals surface area (Å²) in [7, 11) is 3.33. The van der Waals surface area contributed by atoms with Gasteiger partial charge in [0.05, 0.1) is 13.7 Å². The summed E-state index contributed by atoms with van der Waals surface area (Å²) >= 11 is 0. The van der Waals surface area contributed by atoms with Crippen LogP contribution in [0.5, 0.6) is 5.75 Å². The van der Waals surface area contributed by atoms with Gasteiger partial charge < -0.3 is 15.2 Å². The minimum atomic E-state index is -0.430. The van der Waals surface area contributed by atoms with Crippen LogP contribution in [0.1, 0.15) is 25.0 Å². The minimum Gasteiger partial charge on any atom is -0.496 e. The summed E-state index contributed by atoms with van der Waals surface area (Å²) in [6.07, 6.45) is 0. The highest BCUT2D eigenvalue weighted by molar-refractivity contribution is 5.44. The number of benzene rings is 1. The maximum Gasteiger partial charge on any atom is 0.124 e. The summed E-state index contributed by atoms with van der Waals surface area (Å²) in [4.78, 5) is 0. The summed E-state index contributed by atoms with van der Waals surface area (Å²) in [6.45, 7) is 4.47. The van der Waals surface area contributed by atoms with Gasteiger partial charge in [-0.25, -0.2) is 0 Å². The second-order valence-electron chi connectivity index (χ2n) is 4.15. The molecule has 15 heavy (non-hydrogen) atoms. The Labute approximate surface area is 91.2 Å². The highest BCUT2D eigenvalue weighted by atomic mass is 16.5. The first-order valence-corrected chi connectivity index (χ1v) is 4.95. The van der Waals surface area contributed by atoms with Gasteiger partial charge in [-0.2, -0.15) is 0 Å². The van der Waals surface area contributed by atoms with E-state index in [4.69, 9.17) is 15.2 Å². The first kappa shape index (κ1) is 12.0. The molecule has 0 aromatic heterocycles. The molecule has 0 fully saturated rings. The van der Waals surface area contributed by atoms with E-state index >= 15 is 0 Å². The van der Waals surface area contributed by atoms with Crippen LogP contribution in [-0.2, 0) is 16.9 Å². The molecule has 0 spiro atoms. The molecule has 0 unspecified atom stereocenters. The van der Waals surface area contributed by atoms with Gasteiger partial charge in [-0.1, -0.05) is 12.1 Å². The fraction of sp³-hybridized carbons (Fsp3) is 0.500. The molecule has 3 nitrogen and oxygen atoms in total. The number of rotatable bonds is 4. The highest BCUT2D eigenvalue weighted by Gasteiger charge is 2.22. The van der Waals surface area contributed by atoms with Crippen LogP contribution >= 0.6 is 0 Å². The van der Waals surface area contributed by atoms with Crippen LogP contribution in [0.25, 0.3) is 0 Å². The Hall–Kier alpha value is -1.06. The minimum absolute atomic E-state index is 0.430. The van der Waals surface area contributed by atoms with Gasteiger partial charge in [0.1, 0.15) is 5.75 Å². The molecule has 0 bridgehead atoms. The summed E-state index contributed by atoms with van der Waals surface area (Å²) in [5, 5.41) is 0. The lowest BCUT2D eigenvalue weighted by Gasteiger charge is -2.25. The van der Waals surface area contributed by atoms with Crippen molar-refractivity contribution in [2.45, 2.75) is 26.0 Å². The van der Waals surface area contributed by atoms with Crippen molar-refractivity contribution in [1.82, 2.24) is 0 Å². The zero-order chi connectivity index (χ0) is 11.5. The third-order valence-corrected chi connectivity index (χ3v) is 2.28. The van der Waals surface area contributed by atoms with Gasteiger partial charge >= 0.3 is 0 Å². The predicted octanol–water partition coefficient (Wildman–Crippen LogP) is 2.04. The van der Waals surface area contributed by atoms with Gasteiger partial charge in [0, 0.05) is 18.2 Å². The summed E-state index contributed by atoms with van der Waals surface area (Å²) in [6, 6.07) is 5.88. The van der Waals surface area contributed by atoms with Crippen LogP contribution in [0.3, 0.4) is 0 Å². The Morgan fingerprint density at radius 2 is 1.93 bits per heavy atom. The number of hydrogen-bond acceptors (Lipinski definition) is 3. The van der Waals surface area contributed by atoms with E-state index in [0.29, 0.717) is 6.61 Å². The Morgan fingerprint density at radius 3 is 2.40 bits per heavy atom. The van der Waals surface area contributed by atoms with Crippen LogP contribution < -0.4 is 10.5 Å². The topological polar surface area (TPSA) is 44.5 Å². The van der Waals surface area contributed by atoms with Gasteiger partial charge in [0.15, 0.2) is 0 Å². The zero-order valence-electron chi connectivity index (χ0n) is 9.83. The summed E-state index contributed by atoms with van der Waals surface area (Å²) in [5.41, 5.74) is 7.78. The van der Waals surface area contributed by atoms with Gasteiger partial charge in [-0.05, 0) is 25.5 Å². The van der Waals surface area contributed by atoms with Crippen molar-refractivity contribution >= 4 is 0 Å². The number of ether oxygens (including phenoxy) is 2. The number of methoxy groups -OCH3 is 2. The highest BCUT2D eigenvalue weighted by Crippen LogP contribution is 2.31. The van der Waals surface area contributed by atoms with Crippen LogP contribution in [0, 0.1) is 0 Å². The van der Waals surface area contributed by atoms with Crippen molar-refractivity contribution in [2.75, 3.05) is 14.2 Å². The molecule has 0 aliphatic carbocycles. The fourth-order valence-electron chi connectivity index (χ4n) is 1.75. The SMILES string of the molecule is COCc1cccc(OC)c1C(C)(C)N. The molecule has 0 aliphatic heterocycles. The molecular weight excluding hydrogens is 190 g/mol. The van der Waals surface area contributed by atoms with E-state index in [-0.39, 0.29) is 0 Å². The molecule has 1 aromatic rings. The second-order valence-corrected chi connectivity index (χ2v) is 4.15. The average Bonchev–Trinajstić information content (AvgIpc) is 2.16. The Balaban J connectivity index is 3.27. The second kappa shape index (κ2) is 4.64. The predicted molar refractivity (Wildman–Crippen MR) is 60.9 cm³/mol. The lowest BCUT2D eigenvalue weighted by atomic mass is 9.90. The molecule has 0 aliphatic rings. The van der Waals surface area contributed by atoms with Crippen molar-refractivity contribution in [3.63, 3.8) is 0 Å². The number of hydrogen-bond donors (Lipinski definition) is 1. The number of nitrogens with two attached hydrogens (primary N) is 1. The van der Waals surface area contributed by atoms with Crippen LogP contribution in [0.4, 0.5) is 0 Å². The molecule has 2 N–H and O–H groups in total. The fourth-order valence-corrected chi connectivity index (χ4v) is 1.75. The molecule has 0 saturated heterocycles. The quantitative estimate of drug-likeness (QED) is 0.825. The van der Waals surface area contributed by atoms with Gasteiger partial charge in [0.25, 0.3) is 0 Å². The molecule has 0 amide bonds. The molecule has 0 heterocycles. The smallest absolute Gasteiger partial charge is 0.124 e. The third kappa shape index (κ3) is 2.70. The van der Waals surface area contributed by atoms with Crippen LogP contribution in [0.15, 0.2) is 18.2 Å². The van der Waals surface area contributed by atoms with Crippen molar-refractivity contribution in [3.8, 4) is 5.75 Å². The van der Waals surface area contributed by atoms with E-state index in [9.17, 15) is 0 Å². The normalized spacial score (nSPS) is 11.5. The van der Waals surface area contributed by atoms with Crippen molar-refractivity contribution in [3.05, 3.63) is 29.3 Å². The Bertz CT molecular complexity index is 329. The standard InChI is InChI=1S/C12H19NO2/c1-12(2,13)11-9(8-14-3)6-5-7-10(11)15-4/h5-7H,8,13H2,1-4H3. The Morgan fingerprint density at radius 1 is 1.27 bits per heavy atom. The maximum absolute atomic E-state index is 6.13. The van der Waals surface area contributed by atoms with E-state index in [1.165, 1.54) is 0 Å². The van der Waals surface area contributed by atoms with E-state index in [1.54, 1.807) is 14.2 Å². The molecule has 1 aromatic carbocycles. The summed E-state index contributed by atoms with van der Waals surface area (Å²) in [5.74, 6) is 0.817. The van der Waals surface area contributed by atoms with Crippen molar-refractivity contribution < 1.29 is 9.47 Å². The van der Waals surface area contributed by atoms with Crippen LogP contribution in [0.2, 0.25) is 0 Å². The molecule has 0 radical (unpaired) electrons. The van der Waals surface area contributed by atoms with Crippen molar-refractivity contribution in [2.24, 2.45) is 5.73 Å². The summed E-state index contributed by atoms with van der Waals surface area (Å²) < 4.78 is 10.5. The molecule has 84 valence electrons. The maximum atomic E-state index is 6.13. The molecule has 3 heteroatoms. The lowest BCUT2D eigenvalue weighted by Crippen LogP contribution is -2.30. The monoisotopic (exact) mass is 209 g/mol. The first-order chi connectivity index (χ1) is 7.00.